The first-order chi connectivity index (χ1) is 16.8. The highest BCUT2D eigenvalue weighted by Crippen LogP contribution is 2.44. The zero-order valence-corrected chi connectivity index (χ0v) is 20.7. The van der Waals surface area contributed by atoms with Gasteiger partial charge in [-0.3, -0.25) is 4.79 Å². The maximum Gasteiger partial charge on any atom is 0.407 e. The van der Waals surface area contributed by atoms with Crippen LogP contribution in [0.4, 0.5) is 4.79 Å². The molecule has 186 valence electrons. The fraction of sp³-hybridized carbons (Fsp3) is 0.464. The van der Waals surface area contributed by atoms with E-state index in [9.17, 15) is 19.5 Å². The quantitative estimate of drug-likeness (QED) is 0.568. The Labute approximate surface area is 206 Å². The van der Waals surface area contributed by atoms with Gasteiger partial charge in [-0.2, -0.15) is 0 Å². The lowest BCUT2D eigenvalue weighted by atomic mass is 9.79. The molecule has 0 aromatic heterocycles. The average molecular weight is 479 g/mol. The molecular weight excluding hydrogens is 444 g/mol. The van der Waals surface area contributed by atoms with E-state index in [0.717, 1.165) is 22.3 Å². The second-order valence-electron chi connectivity index (χ2n) is 9.81. The number of nitrogens with one attached hydrogen (secondary N) is 1. The Morgan fingerprint density at radius 1 is 1.06 bits per heavy atom. The summed E-state index contributed by atoms with van der Waals surface area (Å²) < 4.78 is 5.64. The van der Waals surface area contributed by atoms with Crippen molar-refractivity contribution in [2.75, 3.05) is 19.7 Å². The molecule has 2 aromatic carbocycles. The van der Waals surface area contributed by atoms with E-state index in [0.29, 0.717) is 32.2 Å². The van der Waals surface area contributed by atoms with Gasteiger partial charge in [0.2, 0.25) is 5.91 Å². The highest BCUT2D eigenvalue weighted by molar-refractivity contribution is 5.91. The highest BCUT2D eigenvalue weighted by Gasteiger charge is 2.51. The normalized spacial score (nSPS) is 19.2. The zero-order chi connectivity index (χ0) is 25.2. The van der Waals surface area contributed by atoms with Crippen LogP contribution in [0, 0.1) is 5.41 Å². The number of fused-ring (bicyclic) bond motifs is 3. The fourth-order valence-corrected chi connectivity index (χ4v) is 5.57. The maximum atomic E-state index is 13.6. The first-order valence-electron chi connectivity index (χ1n) is 12.4. The van der Waals surface area contributed by atoms with E-state index in [1.54, 1.807) is 6.92 Å². The van der Waals surface area contributed by atoms with Gasteiger partial charge in [-0.25, -0.2) is 9.59 Å². The van der Waals surface area contributed by atoms with Crippen LogP contribution in [0.1, 0.15) is 63.5 Å². The number of carbonyl (C=O) groups excluding carboxylic acids is 2. The molecule has 2 N–H and O–H groups in total. The van der Waals surface area contributed by atoms with Crippen molar-refractivity contribution in [3.63, 3.8) is 0 Å². The van der Waals surface area contributed by atoms with Crippen LogP contribution in [0.3, 0.4) is 0 Å². The zero-order valence-electron chi connectivity index (χ0n) is 20.7. The number of amides is 2. The molecule has 0 spiro atoms. The molecule has 1 saturated heterocycles. The standard InChI is InChI=1S/C28H34N2O5/c1-4-28(5-2,24(31)30-16-10-15-27(30,3)25(32)33)18-29-26(34)35-17-23-21-13-8-6-11-19(21)20-12-7-9-14-22(20)23/h6-9,11-14,23H,4-5,10,15-18H2,1-3H3,(H,29,34)(H,32,33)/t27-/m1/s1. The van der Waals surface area contributed by atoms with Gasteiger partial charge in [-0.05, 0) is 54.9 Å². The van der Waals surface area contributed by atoms with Gasteiger partial charge < -0.3 is 20.1 Å². The topological polar surface area (TPSA) is 95.9 Å². The molecule has 2 aliphatic rings. The second kappa shape index (κ2) is 9.72. The van der Waals surface area contributed by atoms with Gasteiger partial charge in [-0.1, -0.05) is 62.4 Å². The molecular formula is C28H34N2O5. The molecule has 0 radical (unpaired) electrons. The molecule has 2 amide bonds. The lowest BCUT2D eigenvalue weighted by molar-refractivity contribution is -0.160. The van der Waals surface area contributed by atoms with E-state index >= 15 is 0 Å². The first kappa shape index (κ1) is 24.8. The van der Waals surface area contributed by atoms with Gasteiger partial charge in [0.05, 0.1) is 5.41 Å². The van der Waals surface area contributed by atoms with E-state index in [1.807, 2.05) is 38.1 Å². The third-order valence-electron chi connectivity index (χ3n) is 8.07. The number of alkyl carbamates (subject to hydrolysis) is 1. The number of benzene rings is 2. The summed E-state index contributed by atoms with van der Waals surface area (Å²) in [5, 5.41) is 12.6. The third-order valence-corrected chi connectivity index (χ3v) is 8.07. The molecule has 0 unspecified atom stereocenters. The number of hydrogen-bond acceptors (Lipinski definition) is 4. The third kappa shape index (κ3) is 4.28. The van der Waals surface area contributed by atoms with Crippen molar-refractivity contribution in [2.45, 2.75) is 57.9 Å². The van der Waals surface area contributed by atoms with Crippen molar-refractivity contribution in [2.24, 2.45) is 5.41 Å². The molecule has 7 nitrogen and oxygen atoms in total. The van der Waals surface area contributed by atoms with Crippen LogP contribution >= 0.6 is 0 Å². The number of hydrogen-bond donors (Lipinski definition) is 2. The summed E-state index contributed by atoms with van der Waals surface area (Å²) in [7, 11) is 0. The van der Waals surface area contributed by atoms with E-state index in [2.05, 4.69) is 29.6 Å². The number of carboxylic acid groups (broad SMARTS) is 1. The van der Waals surface area contributed by atoms with Crippen LogP contribution in [0.25, 0.3) is 11.1 Å². The van der Waals surface area contributed by atoms with E-state index < -0.39 is 23.0 Å². The van der Waals surface area contributed by atoms with E-state index in [1.165, 1.54) is 4.90 Å². The molecule has 1 aliphatic heterocycles. The van der Waals surface area contributed by atoms with Crippen molar-refractivity contribution in [3.05, 3.63) is 59.7 Å². The molecule has 1 aliphatic carbocycles. The number of ether oxygens (including phenoxy) is 1. The van der Waals surface area contributed by atoms with Gasteiger partial charge in [0.25, 0.3) is 0 Å². The lowest BCUT2D eigenvalue weighted by Gasteiger charge is -2.40. The van der Waals surface area contributed by atoms with Gasteiger partial charge in [-0.15, -0.1) is 0 Å². The molecule has 0 saturated carbocycles. The van der Waals surface area contributed by atoms with Gasteiger partial charge in [0.15, 0.2) is 0 Å². The van der Waals surface area contributed by atoms with Crippen molar-refractivity contribution in [1.29, 1.82) is 0 Å². The Balaban J connectivity index is 1.43. The van der Waals surface area contributed by atoms with Crippen LogP contribution in [0.15, 0.2) is 48.5 Å². The number of carboxylic acids is 1. The van der Waals surface area contributed by atoms with Gasteiger partial charge >= 0.3 is 12.1 Å². The summed E-state index contributed by atoms with van der Waals surface area (Å²) in [6, 6.07) is 16.3. The van der Waals surface area contributed by atoms with Crippen LogP contribution in [0.2, 0.25) is 0 Å². The van der Waals surface area contributed by atoms with Crippen LogP contribution in [-0.2, 0) is 14.3 Å². The molecule has 1 fully saturated rings. The van der Waals surface area contributed by atoms with Crippen molar-refractivity contribution < 1.29 is 24.2 Å². The number of rotatable bonds is 8. The summed E-state index contributed by atoms with van der Waals surface area (Å²) in [5.41, 5.74) is 2.49. The Morgan fingerprint density at radius 3 is 2.17 bits per heavy atom. The predicted molar refractivity (Wildman–Crippen MR) is 133 cm³/mol. The molecule has 1 atom stereocenters. The molecule has 2 aromatic rings. The fourth-order valence-electron chi connectivity index (χ4n) is 5.57. The smallest absolute Gasteiger partial charge is 0.407 e. The number of carbonyl (C=O) groups is 3. The SMILES string of the molecule is CCC(CC)(CNC(=O)OCC1c2ccccc2-c2ccccc21)C(=O)N1CCC[C@]1(C)C(=O)O. The Bertz CT molecular complexity index is 1080. The summed E-state index contributed by atoms with van der Waals surface area (Å²) in [6.45, 7) is 6.11. The van der Waals surface area contributed by atoms with Crippen molar-refractivity contribution in [3.8, 4) is 11.1 Å². The lowest BCUT2D eigenvalue weighted by Crippen LogP contribution is -2.57. The Kier molecular flexibility index (Phi) is 6.88. The minimum atomic E-state index is -1.21. The van der Waals surface area contributed by atoms with Crippen LogP contribution < -0.4 is 5.32 Å². The van der Waals surface area contributed by atoms with Gasteiger partial charge in [0, 0.05) is 19.0 Å². The minimum absolute atomic E-state index is 0.0437. The summed E-state index contributed by atoms with van der Waals surface area (Å²) >= 11 is 0. The van der Waals surface area contributed by atoms with E-state index in [4.69, 9.17) is 4.74 Å². The Morgan fingerprint density at radius 2 is 1.63 bits per heavy atom. The predicted octanol–water partition coefficient (Wildman–Crippen LogP) is 4.80. The first-order valence-corrected chi connectivity index (χ1v) is 12.4. The highest BCUT2D eigenvalue weighted by atomic mass is 16.5. The largest absolute Gasteiger partial charge is 0.480 e. The molecule has 35 heavy (non-hydrogen) atoms. The van der Waals surface area contributed by atoms with Crippen LogP contribution in [-0.4, -0.2) is 53.2 Å². The second-order valence-corrected chi connectivity index (χ2v) is 9.81. The minimum Gasteiger partial charge on any atom is -0.480 e. The molecule has 4 rings (SSSR count). The Hall–Kier alpha value is -3.35. The van der Waals surface area contributed by atoms with Gasteiger partial charge in [0.1, 0.15) is 12.1 Å². The monoisotopic (exact) mass is 478 g/mol. The van der Waals surface area contributed by atoms with Crippen LogP contribution in [0.5, 0.6) is 0 Å². The summed E-state index contributed by atoms with van der Waals surface area (Å²) in [5.74, 6) is -1.25. The molecule has 0 bridgehead atoms. The molecule has 7 heteroatoms. The molecule has 1 heterocycles. The van der Waals surface area contributed by atoms with E-state index in [-0.39, 0.29) is 25.0 Å². The summed E-state index contributed by atoms with van der Waals surface area (Å²) in [4.78, 5) is 39.7. The van der Waals surface area contributed by atoms with Crippen molar-refractivity contribution >= 4 is 18.0 Å². The van der Waals surface area contributed by atoms with Crippen molar-refractivity contribution in [1.82, 2.24) is 10.2 Å². The maximum absolute atomic E-state index is 13.6. The number of likely N-dealkylation sites (tertiary alicyclic amines) is 1. The number of nitrogens with zero attached hydrogens (tertiary/aromatic N) is 1. The average Bonchev–Trinajstić information content (AvgIpc) is 3.42. The number of aliphatic carboxylic acids is 1. The summed E-state index contributed by atoms with van der Waals surface area (Å²) in [6.07, 6.45) is 1.47.